The lowest BCUT2D eigenvalue weighted by molar-refractivity contribution is -0.104. The number of aldehydes is 1. The second kappa shape index (κ2) is 7.37. The average molecular weight is 263 g/mol. The van der Waals surface area contributed by atoms with Crippen LogP contribution in [0.15, 0.2) is 39.4 Å². The summed E-state index contributed by atoms with van der Waals surface area (Å²) in [4.78, 5) is 15.9. The van der Waals surface area contributed by atoms with Gasteiger partial charge in [-0.3, -0.25) is 4.79 Å². The zero-order chi connectivity index (χ0) is 13.5. The van der Waals surface area contributed by atoms with Crippen molar-refractivity contribution in [1.82, 2.24) is 0 Å². The molecule has 0 aromatic rings. The minimum Gasteiger partial charge on any atom is -0.298 e. The largest absolute Gasteiger partial charge is 0.298 e. The van der Waals surface area contributed by atoms with E-state index in [4.69, 9.17) is 0 Å². The van der Waals surface area contributed by atoms with E-state index in [2.05, 4.69) is 25.4 Å². The molecule has 1 rings (SSSR count). The van der Waals surface area contributed by atoms with Crippen molar-refractivity contribution >= 4 is 23.8 Å². The van der Waals surface area contributed by atoms with Gasteiger partial charge in [-0.25, -0.2) is 4.99 Å². The summed E-state index contributed by atoms with van der Waals surface area (Å²) in [6.07, 6.45) is 8.59. The standard InChI is InChI=1S/C15H21NOS/c1-5-7-11(3)14-13(10-17)9-8-12(6-2)15(16-14)18-4/h9-10H,3,5-8H2,1-2,4H3. The highest BCUT2D eigenvalue weighted by Gasteiger charge is 2.16. The normalized spacial score (nSPS) is 15.9. The Balaban J connectivity index is 3.21. The van der Waals surface area contributed by atoms with Crippen molar-refractivity contribution in [1.29, 1.82) is 0 Å². The van der Waals surface area contributed by atoms with Gasteiger partial charge in [0, 0.05) is 5.57 Å². The zero-order valence-corrected chi connectivity index (χ0v) is 12.3. The molecule has 0 aromatic heterocycles. The van der Waals surface area contributed by atoms with Crippen molar-refractivity contribution < 1.29 is 4.79 Å². The summed E-state index contributed by atoms with van der Waals surface area (Å²) in [6.45, 7) is 8.30. The SMILES string of the molecule is C=C(CCC)C1=NC(SC)=C(CC)CC=C1C=O. The average Bonchev–Trinajstić information content (AvgIpc) is 2.57. The summed E-state index contributed by atoms with van der Waals surface area (Å²) in [6, 6.07) is 0. The van der Waals surface area contributed by atoms with E-state index in [1.807, 2.05) is 12.3 Å². The third-order valence-corrected chi connectivity index (χ3v) is 3.76. The molecule has 0 saturated carbocycles. The fourth-order valence-electron chi connectivity index (χ4n) is 1.96. The van der Waals surface area contributed by atoms with Crippen molar-refractivity contribution in [3.63, 3.8) is 0 Å². The van der Waals surface area contributed by atoms with Gasteiger partial charge in [0.2, 0.25) is 0 Å². The van der Waals surface area contributed by atoms with Gasteiger partial charge in [0.05, 0.1) is 10.7 Å². The fraction of sp³-hybridized carbons (Fsp3) is 0.467. The molecule has 0 N–H and O–H groups in total. The molecule has 0 atom stereocenters. The number of rotatable bonds is 6. The maximum absolute atomic E-state index is 11.2. The van der Waals surface area contributed by atoms with Crippen LogP contribution >= 0.6 is 11.8 Å². The van der Waals surface area contributed by atoms with Gasteiger partial charge in [-0.05, 0) is 36.7 Å². The molecular formula is C15H21NOS. The van der Waals surface area contributed by atoms with Crippen molar-refractivity contribution in [3.8, 4) is 0 Å². The molecule has 0 aliphatic carbocycles. The number of hydrogen-bond acceptors (Lipinski definition) is 3. The van der Waals surface area contributed by atoms with Crippen LogP contribution in [0.5, 0.6) is 0 Å². The molecule has 18 heavy (non-hydrogen) atoms. The van der Waals surface area contributed by atoms with Crippen LogP contribution in [-0.2, 0) is 4.79 Å². The summed E-state index contributed by atoms with van der Waals surface area (Å²) in [5.74, 6) is 0. The van der Waals surface area contributed by atoms with Crippen LogP contribution in [0.2, 0.25) is 0 Å². The Kier molecular flexibility index (Phi) is 6.13. The molecule has 0 radical (unpaired) electrons. The highest BCUT2D eigenvalue weighted by Crippen LogP contribution is 2.29. The molecule has 2 nitrogen and oxygen atoms in total. The molecule has 0 spiro atoms. The van der Waals surface area contributed by atoms with Gasteiger partial charge in [0.15, 0.2) is 6.29 Å². The maximum Gasteiger partial charge on any atom is 0.151 e. The monoisotopic (exact) mass is 263 g/mol. The lowest BCUT2D eigenvalue weighted by Crippen LogP contribution is -2.07. The van der Waals surface area contributed by atoms with Crippen LogP contribution in [0.4, 0.5) is 0 Å². The predicted octanol–water partition coefficient (Wildman–Crippen LogP) is 4.30. The van der Waals surface area contributed by atoms with E-state index >= 15 is 0 Å². The van der Waals surface area contributed by atoms with Crippen molar-refractivity contribution in [3.05, 3.63) is 34.4 Å². The Bertz CT molecular complexity index is 430. The van der Waals surface area contributed by atoms with Gasteiger partial charge in [0.25, 0.3) is 0 Å². The van der Waals surface area contributed by atoms with Crippen LogP contribution in [0.25, 0.3) is 0 Å². The molecule has 0 unspecified atom stereocenters. The van der Waals surface area contributed by atoms with Gasteiger partial charge in [-0.15, -0.1) is 11.8 Å². The van der Waals surface area contributed by atoms with E-state index in [-0.39, 0.29) is 0 Å². The second-order valence-electron chi connectivity index (χ2n) is 4.26. The number of hydrogen-bond donors (Lipinski definition) is 0. The van der Waals surface area contributed by atoms with E-state index in [1.54, 1.807) is 11.8 Å². The van der Waals surface area contributed by atoms with Gasteiger partial charge in [0.1, 0.15) is 0 Å². The Morgan fingerprint density at radius 1 is 1.56 bits per heavy atom. The number of allylic oxidation sites excluding steroid dienone is 4. The first-order valence-corrected chi connectivity index (χ1v) is 7.58. The number of carbonyl (C=O) groups excluding carboxylic acids is 1. The highest BCUT2D eigenvalue weighted by atomic mass is 32.2. The Morgan fingerprint density at radius 3 is 2.78 bits per heavy atom. The topological polar surface area (TPSA) is 29.4 Å². The summed E-state index contributed by atoms with van der Waals surface area (Å²) >= 11 is 1.65. The number of nitrogens with zero attached hydrogens (tertiary/aromatic N) is 1. The zero-order valence-electron chi connectivity index (χ0n) is 11.5. The summed E-state index contributed by atoms with van der Waals surface area (Å²) < 4.78 is 0. The van der Waals surface area contributed by atoms with Gasteiger partial charge in [-0.1, -0.05) is 32.9 Å². The molecule has 1 aliphatic rings. The van der Waals surface area contributed by atoms with E-state index in [1.165, 1.54) is 5.57 Å². The van der Waals surface area contributed by atoms with Crippen LogP contribution in [0, 0.1) is 0 Å². The third-order valence-electron chi connectivity index (χ3n) is 2.99. The molecular weight excluding hydrogens is 242 g/mol. The Hall–Kier alpha value is -1.09. The Labute approximate surface area is 114 Å². The molecule has 0 amide bonds. The van der Waals surface area contributed by atoms with Crippen molar-refractivity contribution in [2.45, 2.75) is 39.5 Å². The van der Waals surface area contributed by atoms with Gasteiger partial charge >= 0.3 is 0 Å². The summed E-state index contributed by atoms with van der Waals surface area (Å²) in [7, 11) is 0. The molecule has 1 aliphatic heterocycles. The van der Waals surface area contributed by atoms with Crippen molar-refractivity contribution in [2.75, 3.05) is 6.26 Å². The first kappa shape index (κ1) is 15.0. The first-order valence-electron chi connectivity index (χ1n) is 6.36. The molecule has 0 fully saturated rings. The van der Waals surface area contributed by atoms with E-state index in [9.17, 15) is 4.79 Å². The number of aliphatic imine (C=N–C) groups is 1. The summed E-state index contributed by atoms with van der Waals surface area (Å²) in [5.41, 5.74) is 3.71. The van der Waals surface area contributed by atoms with Gasteiger partial charge in [-0.2, -0.15) is 0 Å². The third kappa shape index (κ3) is 3.45. The van der Waals surface area contributed by atoms with E-state index < -0.39 is 0 Å². The first-order chi connectivity index (χ1) is 8.67. The smallest absolute Gasteiger partial charge is 0.151 e. The van der Waals surface area contributed by atoms with Crippen LogP contribution in [0.1, 0.15) is 39.5 Å². The predicted molar refractivity (Wildman–Crippen MR) is 81.1 cm³/mol. The number of thioether (sulfide) groups is 1. The number of carbonyl (C=O) groups is 1. The molecule has 0 aromatic carbocycles. The highest BCUT2D eigenvalue weighted by molar-refractivity contribution is 8.02. The molecule has 1 heterocycles. The summed E-state index contributed by atoms with van der Waals surface area (Å²) in [5, 5.41) is 1.04. The van der Waals surface area contributed by atoms with Crippen LogP contribution in [0.3, 0.4) is 0 Å². The lowest BCUT2D eigenvalue weighted by atomic mass is 10.00. The lowest BCUT2D eigenvalue weighted by Gasteiger charge is -2.08. The van der Waals surface area contributed by atoms with E-state index in [0.29, 0.717) is 5.57 Å². The quantitative estimate of drug-likeness (QED) is 0.669. The van der Waals surface area contributed by atoms with E-state index in [0.717, 1.165) is 48.3 Å². The Morgan fingerprint density at radius 2 is 2.28 bits per heavy atom. The molecule has 98 valence electrons. The van der Waals surface area contributed by atoms with Crippen LogP contribution in [-0.4, -0.2) is 18.3 Å². The molecule has 0 saturated heterocycles. The second-order valence-corrected chi connectivity index (χ2v) is 5.06. The van der Waals surface area contributed by atoms with Crippen LogP contribution < -0.4 is 0 Å². The molecule has 3 heteroatoms. The van der Waals surface area contributed by atoms with Crippen molar-refractivity contribution in [2.24, 2.45) is 4.99 Å². The minimum atomic E-state index is 0.684. The van der Waals surface area contributed by atoms with Gasteiger partial charge < -0.3 is 0 Å². The molecule has 0 bridgehead atoms. The maximum atomic E-state index is 11.2. The minimum absolute atomic E-state index is 0.684. The fourth-order valence-corrected chi connectivity index (χ4v) is 2.65.